The number of hydrogen-bond donors (Lipinski definition) is 2. The Morgan fingerprint density at radius 2 is 2.20 bits per heavy atom. The summed E-state index contributed by atoms with van der Waals surface area (Å²) < 4.78 is 0. The Balaban J connectivity index is 2.19. The fraction of sp³-hybridized carbons (Fsp3) is 0.286. The second-order valence-electron chi connectivity index (χ2n) is 5.05. The van der Waals surface area contributed by atoms with Crippen molar-refractivity contribution in [3.8, 4) is 0 Å². The number of hydrogen-bond acceptors (Lipinski definition) is 4. The number of carbonyl (C=O) groups is 1. The van der Waals surface area contributed by atoms with Gasteiger partial charge in [-0.3, -0.25) is 0 Å². The van der Waals surface area contributed by atoms with Crippen molar-refractivity contribution in [3.63, 3.8) is 0 Å². The Morgan fingerprint density at radius 3 is 2.80 bits per heavy atom. The van der Waals surface area contributed by atoms with Crippen molar-refractivity contribution in [3.05, 3.63) is 45.2 Å². The third-order valence-electron chi connectivity index (χ3n) is 2.98. The van der Waals surface area contributed by atoms with E-state index in [9.17, 15) is 4.79 Å². The number of carboxylic acid groups (broad SMARTS) is 1. The smallest absolute Gasteiger partial charge is 0.339 e. The van der Waals surface area contributed by atoms with Gasteiger partial charge in [0.15, 0.2) is 0 Å². The SMILES string of the molecule is CC(C)(CNc1nc(Cl)ccc1C(=O)O)c1cccs1. The molecule has 0 saturated heterocycles. The van der Waals surface area contributed by atoms with Crippen LogP contribution in [0.1, 0.15) is 29.1 Å². The maximum absolute atomic E-state index is 11.2. The summed E-state index contributed by atoms with van der Waals surface area (Å²) in [5.41, 5.74) is 0.00452. The molecule has 0 atom stereocenters. The average Bonchev–Trinajstić information content (AvgIpc) is 2.90. The molecule has 2 N–H and O–H groups in total. The molecule has 2 aromatic rings. The molecule has 0 aliphatic rings. The molecular weight excluding hydrogens is 296 g/mol. The number of halogens is 1. The first-order chi connectivity index (χ1) is 9.40. The van der Waals surface area contributed by atoms with Gasteiger partial charge in [-0.1, -0.05) is 31.5 Å². The summed E-state index contributed by atoms with van der Waals surface area (Å²) in [6, 6.07) is 7.00. The number of nitrogens with zero attached hydrogens (tertiary/aromatic N) is 1. The lowest BCUT2D eigenvalue weighted by Crippen LogP contribution is -2.27. The molecule has 4 nitrogen and oxygen atoms in total. The normalized spacial score (nSPS) is 11.3. The minimum atomic E-state index is -1.02. The molecule has 0 saturated carbocycles. The van der Waals surface area contributed by atoms with E-state index in [-0.39, 0.29) is 16.1 Å². The summed E-state index contributed by atoms with van der Waals surface area (Å²) in [5.74, 6) is -0.722. The topological polar surface area (TPSA) is 62.2 Å². The average molecular weight is 311 g/mol. The fourth-order valence-electron chi connectivity index (χ4n) is 1.80. The van der Waals surface area contributed by atoms with Crippen molar-refractivity contribution in [1.29, 1.82) is 0 Å². The van der Waals surface area contributed by atoms with Crippen LogP contribution in [0.3, 0.4) is 0 Å². The first-order valence-corrected chi connectivity index (χ1v) is 7.33. The quantitative estimate of drug-likeness (QED) is 0.823. The van der Waals surface area contributed by atoms with Gasteiger partial charge in [0.05, 0.1) is 0 Å². The minimum absolute atomic E-state index is 0.117. The standard InChI is InChI=1S/C14H15ClN2O2S/c1-14(2,10-4-3-7-20-10)8-16-12-9(13(18)19)5-6-11(15)17-12/h3-7H,8H2,1-2H3,(H,16,17)(H,18,19). The summed E-state index contributed by atoms with van der Waals surface area (Å²) in [4.78, 5) is 16.4. The van der Waals surface area contributed by atoms with Gasteiger partial charge in [-0.2, -0.15) is 0 Å². The number of pyridine rings is 1. The third kappa shape index (κ3) is 3.29. The van der Waals surface area contributed by atoms with Crippen LogP contribution < -0.4 is 5.32 Å². The van der Waals surface area contributed by atoms with E-state index in [4.69, 9.17) is 16.7 Å². The van der Waals surface area contributed by atoms with Gasteiger partial charge in [0, 0.05) is 16.8 Å². The highest BCUT2D eigenvalue weighted by atomic mass is 35.5. The summed E-state index contributed by atoms with van der Waals surface area (Å²) in [6.07, 6.45) is 0. The van der Waals surface area contributed by atoms with Crippen LogP contribution >= 0.6 is 22.9 Å². The van der Waals surface area contributed by atoms with Crippen molar-refractivity contribution in [1.82, 2.24) is 4.98 Å². The number of aromatic nitrogens is 1. The van der Waals surface area contributed by atoms with Crippen molar-refractivity contribution in [2.24, 2.45) is 0 Å². The second kappa shape index (κ2) is 5.81. The second-order valence-corrected chi connectivity index (χ2v) is 6.38. The molecule has 2 aromatic heterocycles. The highest BCUT2D eigenvalue weighted by Crippen LogP contribution is 2.28. The van der Waals surface area contributed by atoms with E-state index >= 15 is 0 Å². The van der Waals surface area contributed by atoms with Crippen molar-refractivity contribution < 1.29 is 9.90 Å². The first kappa shape index (κ1) is 14.8. The number of thiophene rings is 1. The highest BCUT2D eigenvalue weighted by molar-refractivity contribution is 7.10. The van der Waals surface area contributed by atoms with Gasteiger partial charge >= 0.3 is 5.97 Å². The van der Waals surface area contributed by atoms with Crippen LogP contribution in [0.2, 0.25) is 5.15 Å². The Hall–Kier alpha value is -1.59. The highest BCUT2D eigenvalue weighted by Gasteiger charge is 2.23. The zero-order valence-electron chi connectivity index (χ0n) is 11.2. The van der Waals surface area contributed by atoms with Crippen LogP contribution in [0.15, 0.2) is 29.6 Å². The van der Waals surface area contributed by atoms with E-state index in [2.05, 4.69) is 30.2 Å². The van der Waals surface area contributed by atoms with Crippen LogP contribution in [-0.2, 0) is 5.41 Å². The lowest BCUT2D eigenvalue weighted by Gasteiger charge is -2.24. The van der Waals surface area contributed by atoms with Crippen molar-refractivity contribution in [2.75, 3.05) is 11.9 Å². The Bertz CT molecular complexity index is 612. The van der Waals surface area contributed by atoms with Gasteiger partial charge in [-0.05, 0) is 23.6 Å². The summed E-state index contributed by atoms with van der Waals surface area (Å²) >= 11 is 7.50. The number of nitrogens with one attached hydrogen (secondary N) is 1. The van der Waals surface area contributed by atoms with Crippen molar-refractivity contribution >= 4 is 34.7 Å². The van der Waals surface area contributed by atoms with Crippen LogP contribution in [0.4, 0.5) is 5.82 Å². The van der Waals surface area contributed by atoms with E-state index in [1.54, 1.807) is 11.3 Å². The number of aromatic carboxylic acids is 1. The van der Waals surface area contributed by atoms with E-state index in [0.29, 0.717) is 12.4 Å². The van der Waals surface area contributed by atoms with Gasteiger partial charge in [-0.15, -0.1) is 11.3 Å². The summed E-state index contributed by atoms with van der Waals surface area (Å²) in [5, 5.41) is 14.5. The third-order valence-corrected chi connectivity index (χ3v) is 4.42. The molecule has 0 radical (unpaired) electrons. The predicted octanol–water partition coefficient (Wildman–Crippen LogP) is 3.88. The van der Waals surface area contributed by atoms with Gasteiger partial charge < -0.3 is 10.4 Å². The van der Waals surface area contributed by atoms with Crippen LogP contribution in [0.5, 0.6) is 0 Å². The maximum Gasteiger partial charge on any atom is 0.339 e. The molecule has 0 aromatic carbocycles. The van der Waals surface area contributed by atoms with Crippen LogP contribution in [-0.4, -0.2) is 22.6 Å². The number of anilines is 1. The molecule has 0 bridgehead atoms. The van der Waals surface area contributed by atoms with Crippen LogP contribution in [0, 0.1) is 0 Å². The molecule has 0 fully saturated rings. The fourth-order valence-corrected chi connectivity index (χ4v) is 2.80. The van der Waals surface area contributed by atoms with Crippen LogP contribution in [0.25, 0.3) is 0 Å². The molecule has 20 heavy (non-hydrogen) atoms. The largest absolute Gasteiger partial charge is 0.478 e. The monoisotopic (exact) mass is 310 g/mol. The Labute approximate surface area is 126 Å². The maximum atomic E-state index is 11.2. The predicted molar refractivity (Wildman–Crippen MR) is 82.0 cm³/mol. The Morgan fingerprint density at radius 1 is 1.45 bits per heavy atom. The lowest BCUT2D eigenvalue weighted by atomic mass is 9.91. The first-order valence-electron chi connectivity index (χ1n) is 6.08. The van der Waals surface area contributed by atoms with Crippen molar-refractivity contribution in [2.45, 2.75) is 19.3 Å². The molecule has 0 aliphatic carbocycles. The Kier molecular flexibility index (Phi) is 4.30. The molecule has 6 heteroatoms. The molecular formula is C14H15ClN2O2S. The number of carboxylic acids is 1. The van der Waals surface area contributed by atoms with Gasteiger partial charge in [0.2, 0.25) is 0 Å². The molecule has 2 heterocycles. The van der Waals surface area contributed by atoms with Gasteiger partial charge in [-0.25, -0.2) is 9.78 Å². The molecule has 0 amide bonds. The van der Waals surface area contributed by atoms with E-state index in [0.717, 1.165) is 0 Å². The molecule has 0 unspecified atom stereocenters. The minimum Gasteiger partial charge on any atom is -0.478 e. The number of rotatable bonds is 5. The zero-order valence-corrected chi connectivity index (χ0v) is 12.8. The van der Waals surface area contributed by atoms with E-state index in [1.165, 1.54) is 17.0 Å². The molecule has 106 valence electrons. The summed E-state index contributed by atoms with van der Waals surface area (Å²) in [7, 11) is 0. The zero-order chi connectivity index (χ0) is 14.8. The van der Waals surface area contributed by atoms with E-state index < -0.39 is 5.97 Å². The lowest BCUT2D eigenvalue weighted by molar-refractivity contribution is 0.0697. The van der Waals surface area contributed by atoms with Gasteiger partial charge in [0.25, 0.3) is 0 Å². The molecule has 2 rings (SSSR count). The molecule has 0 spiro atoms. The van der Waals surface area contributed by atoms with Gasteiger partial charge in [0.1, 0.15) is 16.5 Å². The van der Waals surface area contributed by atoms with E-state index in [1.807, 2.05) is 11.4 Å². The summed E-state index contributed by atoms with van der Waals surface area (Å²) in [6.45, 7) is 4.76. The molecule has 0 aliphatic heterocycles.